The van der Waals surface area contributed by atoms with Gasteiger partial charge < -0.3 is 14.8 Å². The molecule has 0 amide bonds. The number of nitrogens with one attached hydrogen (secondary N) is 1. The first-order valence-electron chi connectivity index (χ1n) is 6.34. The van der Waals surface area contributed by atoms with Gasteiger partial charge in [-0.3, -0.25) is 0 Å². The molecular weight excluding hydrogens is 233 g/mol. The van der Waals surface area contributed by atoms with Crippen LogP contribution in [0.3, 0.4) is 0 Å². The fourth-order valence-corrected chi connectivity index (χ4v) is 2.27. The molecule has 1 aromatic rings. The van der Waals surface area contributed by atoms with Gasteiger partial charge in [0.1, 0.15) is 5.82 Å². The Morgan fingerprint density at radius 2 is 2.17 bits per heavy atom. The molecule has 1 N–H and O–H groups in total. The number of ether oxygens (including phenoxy) is 2. The number of hydrogen-bond acceptors (Lipinski definition) is 3. The first-order chi connectivity index (χ1) is 8.70. The Labute approximate surface area is 107 Å². The predicted molar refractivity (Wildman–Crippen MR) is 68.0 cm³/mol. The molecule has 100 valence electrons. The lowest BCUT2D eigenvalue weighted by atomic mass is 10.1. The maximum absolute atomic E-state index is 12.9. The normalized spacial score (nSPS) is 25.3. The smallest absolute Gasteiger partial charge is 0.123 e. The molecule has 1 fully saturated rings. The molecule has 1 heterocycles. The molecule has 0 radical (unpaired) electrons. The van der Waals surface area contributed by atoms with E-state index in [1.165, 1.54) is 12.1 Å². The summed E-state index contributed by atoms with van der Waals surface area (Å²) in [6.45, 7) is 3.60. The molecule has 1 aromatic carbocycles. The zero-order chi connectivity index (χ0) is 13.0. The van der Waals surface area contributed by atoms with Crippen LogP contribution >= 0.6 is 0 Å². The van der Waals surface area contributed by atoms with Crippen molar-refractivity contribution < 1.29 is 13.9 Å². The minimum absolute atomic E-state index is 0.0570. The van der Waals surface area contributed by atoms with E-state index in [1.54, 1.807) is 19.2 Å². The SMILES string of the molecule is CO[C@H](CN[C@H]1CCO[C@H]1C)c1ccc(F)cc1. The van der Waals surface area contributed by atoms with E-state index < -0.39 is 0 Å². The van der Waals surface area contributed by atoms with E-state index in [9.17, 15) is 4.39 Å². The summed E-state index contributed by atoms with van der Waals surface area (Å²) in [5, 5.41) is 3.45. The Kier molecular flexibility index (Phi) is 4.69. The topological polar surface area (TPSA) is 30.5 Å². The largest absolute Gasteiger partial charge is 0.377 e. The summed E-state index contributed by atoms with van der Waals surface area (Å²) >= 11 is 0. The van der Waals surface area contributed by atoms with Crippen LogP contribution < -0.4 is 5.32 Å². The average molecular weight is 253 g/mol. The maximum Gasteiger partial charge on any atom is 0.123 e. The van der Waals surface area contributed by atoms with Crippen molar-refractivity contribution in [2.45, 2.75) is 31.6 Å². The van der Waals surface area contributed by atoms with Crippen LogP contribution in [-0.2, 0) is 9.47 Å². The summed E-state index contributed by atoms with van der Waals surface area (Å²) in [5.41, 5.74) is 0.984. The van der Waals surface area contributed by atoms with Crippen LogP contribution in [0.1, 0.15) is 25.0 Å². The Hall–Kier alpha value is -0.970. The molecule has 2 rings (SSSR count). The Morgan fingerprint density at radius 3 is 2.72 bits per heavy atom. The highest BCUT2D eigenvalue weighted by atomic mass is 19.1. The van der Waals surface area contributed by atoms with Crippen molar-refractivity contribution in [3.05, 3.63) is 35.6 Å². The summed E-state index contributed by atoms with van der Waals surface area (Å²) in [7, 11) is 1.67. The molecule has 0 aromatic heterocycles. The third kappa shape index (κ3) is 3.28. The molecule has 1 aliphatic rings. The number of rotatable bonds is 5. The third-order valence-corrected chi connectivity index (χ3v) is 3.47. The molecule has 0 aliphatic carbocycles. The number of benzene rings is 1. The highest BCUT2D eigenvalue weighted by molar-refractivity contribution is 5.19. The van der Waals surface area contributed by atoms with Crippen molar-refractivity contribution >= 4 is 0 Å². The van der Waals surface area contributed by atoms with Gasteiger partial charge >= 0.3 is 0 Å². The quantitative estimate of drug-likeness (QED) is 0.873. The second-order valence-electron chi connectivity index (χ2n) is 4.66. The van der Waals surface area contributed by atoms with Gasteiger partial charge in [-0.05, 0) is 31.0 Å². The van der Waals surface area contributed by atoms with Crippen molar-refractivity contribution in [3.8, 4) is 0 Å². The van der Waals surface area contributed by atoms with Crippen LogP contribution in [0.4, 0.5) is 4.39 Å². The van der Waals surface area contributed by atoms with Crippen LogP contribution in [0.2, 0.25) is 0 Å². The zero-order valence-corrected chi connectivity index (χ0v) is 10.9. The first kappa shape index (κ1) is 13.5. The molecule has 3 nitrogen and oxygen atoms in total. The molecule has 4 heteroatoms. The van der Waals surface area contributed by atoms with Gasteiger partial charge in [0.2, 0.25) is 0 Å². The van der Waals surface area contributed by atoms with E-state index in [1.807, 2.05) is 0 Å². The maximum atomic E-state index is 12.9. The van der Waals surface area contributed by atoms with Gasteiger partial charge in [-0.25, -0.2) is 4.39 Å². The molecule has 0 spiro atoms. The van der Waals surface area contributed by atoms with Crippen LogP contribution in [0.25, 0.3) is 0 Å². The van der Waals surface area contributed by atoms with E-state index in [-0.39, 0.29) is 18.0 Å². The molecule has 0 saturated carbocycles. The van der Waals surface area contributed by atoms with Crippen molar-refractivity contribution in [1.82, 2.24) is 5.32 Å². The van der Waals surface area contributed by atoms with E-state index in [0.717, 1.165) is 18.6 Å². The lowest BCUT2D eigenvalue weighted by Gasteiger charge is -2.21. The van der Waals surface area contributed by atoms with Gasteiger partial charge in [-0.1, -0.05) is 12.1 Å². The summed E-state index contributed by atoms with van der Waals surface area (Å²) in [6.07, 6.45) is 1.22. The summed E-state index contributed by atoms with van der Waals surface area (Å²) in [4.78, 5) is 0. The Bertz CT molecular complexity index is 369. The van der Waals surface area contributed by atoms with Gasteiger partial charge in [-0.2, -0.15) is 0 Å². The van der Waals surface area contributed by atoms with Crippen LogP contribution in [0, 0.1) is 5.82 Å². The zero-order valence-electron chi connectivity index (χ0n) is 10.9. The van der Waals surface area contributed by atoms with Crippen molar-refractivity contribution in [1.29, 1.82) is 0 Å². The molecule has 1 aliphatic heterocycles. The fourth-order valence-electron chi connectivity index (χ4n) is 2.27. The Morgan fingerprint density at radius 1 is 1.44 bits per heavy atom. The lowest BCUT2D eigenvalue weighted by Crippen LogP contribution is -2.37. The number of hydrogen-bond donors (Lipinski definition) is 1. The third-order valence-electron chi connectivity index (χ3n) is 3.47. The van der Waals surface area contributed by atoms with Gasteiger partial charge in [0.15, 0.2) is 0 Å². The molecular formula is C14H20FNO2. The molecule has 18 heavy (non-hydrogen) atoms. The molecule has 1 saturated heterocycles. The molecule has 0 bridgehead atoms. The fraction of sp³-hybridized carbons (Fsp3) is 0.571. The standard InChI is InChI=1S/C14H20FNO2/c1-10-13(7-8-18-10)16-9-14(17-2)11-3-5-12(15)6-4-11/h3-6,10,13-14,16H,7-9H2,1-2H3/t10-,13-,14+/m0/s1. The second-order valence-corrected chi connectivity index (χ2v) is 4.66. The molecule has 3 atom stereocenters. The van der Waals surface area contributed by atoms with Crippen molar-refractivity contribution in [3.63, 3.8) is 0 Å². The van der Waals surface area contributed by atoms with Crippen molar-refractivity contribution in [2.24, 2.45) is 0 Å². The van der Waals surface area contributed by atoms with E-state index in [2.05, 4.69) is 12.2 Å². The van der Waals surface area contributed by atoms with E-state index in [4.69, 9.17) is 9.47 Å². The number of methoxy groups -OCH3 is 1. The predicted octanol–water partition coefficient (Wildman–Crippen LogP) is 2.28. The summed E-state index contributed by atoms with van der Waals surface area (Å²) in [6, 6.07) is 6.83. The van der Waals surface area contributed by atoms with Gasteiger partial charge in [0, 0.05) is 26.3 Å². The van der Waals surface area contributed by atoms with Crippen LogP contribution in [-0.4, -0.2) is 32.4 Å². The number of halogens is 1. The van der Waals surface area contributed by atoms with E-state index in [0.29, 0.717) is 12.6 Å². The van der Waals surface area contributed by atoms with Crippen LogP contribution in [0.15, 0.2) is 24.3 Å². The minimum atomic E-state index is -0.223. The van der Waals surface area contributed by atoms with Gasteiger partial charge in [0.05, 0.1) is 12.2 Å². The highest BCUT2D eigenvalue weighted by Crippen LogP contribution is 2.18. The average Bonchev–Trinajstić information content (AvgIpc) is 2.78. The van der Waals surface area contributed by atoms with Gasteiger partial charge in [-0.15, -0.1) is 0 Å². The lowest BCUT2D eigenvalue weighted by molar-refractivity contribution is 0.0867. The second kappa shape index (κ2) is 6.27. The van der Waals surface area contributed by atoms with Crippen molar-refractivity contribution in [2.75, 3.05) is 20.3 Å². The van der Waals surface area contributed by atoms with Gasteiger partial charge in [0.25, 0.3) is 0 Å². The summed E-state index contributed by atoms with van der Waals surface area (Å²) < 4.78 is 23.8. The minimum Gasteiger partial charge on any atom is -0.377 e. The Balaban J connectivity index is 1.91. The monoisotopic (exact) mass is 253 g/mol. The highest BCUT2D eigenvalue weighted by Gasteiger charge is 2.24. The van der Waals surface area contributed by atoms with E-state index >= 15 is 0 Å². The van der Waals surface area contributed by atoms with Crippen LogP contribution in [0.5, 0.6) is 0 Å². The summed E-state index contributed by atoms with van der Waals surface area (Å²) in [5.74, 6) is -0.223. The first-order valence-corrected chi connectivity index (χ1v) is 6.34. The molecule has 0 unspecified atom stereocenters.